The van der Waals surface area contributed by atoms with E-state index in [4.69, 9.17) is 22.9 Å². The number of hydrogen-bond acceptors (Lipinski definition) is 16. The van der Waals surface area contributed by atoms with Crippen LogP contribution in [0.15, 0.2) is 30.3 Å². The smallest absolute Gasteiger partial charge is 0.245 e. The number of carbonyl (C=O) groups is 13. The number of hydrogen-bond donors (Lipinski definition) is 16. The lowest BCUT2D eigenvalue weighted by Gasteiger charge is -2.25. The van der Waals surface area contributed by atoms with E-state index in [9.17, 15) is 72.5 Å². The minimum absolute atomic E-state index is 0.00878. The van der Waals surface area contributed by atoms with Gasteiger partial charge in [-0.3, -0.25) is 62.3 Å². The van der Waals surface area contributed by atoms with Crippen LogP contribution >= 0.6 is 0 Å². The van der Waals surface area contributed by atoms with Crippen LogP contribution < -0.4 is 76.1 Å². The van der Waals surface area contributed by atoms with Crippen molar-refractivity contribution in [2.45, 2.75) is 113 Å². The monoisotopic (exact) mass is 1000 g/mol. The highest BCUT2D eigenvalue weighted by atomic mass is 16.3. The molecule has 1 heterocycles. The molecule has 392 valence electrons. The van der Waals surface area contributed by atoms with Gasteiger partial charge in [0.25, 0.3) is 0 Å². The molecule has 1 aliphatic rings. The summed E-state index contributed by atoms with van der Waals surface area (Å²) < 4.78 is 0. The molecule has 29 heteroatoms. The van der Waals surface area contributed by atoms with Crippen LogP contribution in [0.25, 0.3) is 0 Å². The van der Waals surface area contributed by atoms with Crippen molar-refractivity contribution < 1.29 is 72.5 Å². The zero-order chi connectivity index (χ0) is 53.2. The molecule has 0 radical (unpaired) electrons. The van der Waals surface area contributed by atoms with Gasteiger partial charge in [0.1, 0.15) is 48.3 Å². The van der Waals surface area contributed by atoms with Crippen LogP contribution in [0.4, 0.5) is 0 Å². The van der Waals surface area contributed by atoms with Gasteiger partial charge in [-0.05, 0) is 51.1 Å². The van der Waals surface area contributed by atoms with E-state index in [-0.39, 0.29) is 38.1 Å². The van der Waals surface area contributed by atoms with E-state index in [0.717, 1.165) is 0 Å². The third-order valence-corrected chi connectivity index (χ3v) is 10.5. The number of carbonyl (C=O) groups excluding carboxylic acids is 13. The zero-order valence-corrected chi connectivity index (χ0v) is 38.9. The lowest BCUT2D eigenvalue weighted by atomic mass is 10.0. The number of primary amides is 3. The summed E-state index contributed by atoms with van der Waals surface area (Å²) in [5.74, 6) is -12.0. The Bertz CT molecular complexity index is 2100. The van der Waals surface area contributed by atoms with Crippen molar-refractivity contribution in [3.8, 4) is 0 Å². The molecule has 8 atom stereocenters. The molecule has 0 bridgehead atoms. The van der Waals surface area contributed by atoms with E-state index in [1.807, 2.05) is 0 Å². The number of nitrogens with one attached hydrogen (secondary N) is 10. The van der Waals surface area contributed by atoms with Crippen molar-refractivity contribution in [3.63, 3.8) is 0 Å². The van der Waals surface area contributed by atoms with Crippen LogP contribution in [0, 0.1) is 0 Å². The summed E-state index contributed by atoms with van der Waals surface area (Å²) in [4.78, 5) is 164. The second-order valence-corrected chi connectivity index (χ2v) is 16.2. The minimum Gasteiger partial charge on any atom is -0.394 e. The van der Waals surface area contributed by atoms with E-state index >= 15 is 0 Å². The molecule has 1 fully saturated rings. The van der Waals surface area contributed by atoms with Crippen molar-refractivity contribution >= 4 is 76.8 Å². The van der Waals surface area contributed by atoms with Crippen LogP contribution in [0.5, 0.6) is 0 Å². The number of unbranched alkanes of at least 4 members (excludes halogenated alkanes) is 1. The van der Waals surface area contributed by atoms with Gasteiger partial charge in [-0.1, -0.05) is 30.3 Å². The number of rotatable bonds is 32. The molecule has 1 aliphatic heterocycles. The zero-order valence-electron chi connectivity index (χ0n) is 38.9. The maximum absolute atomic E-state index is 13.4. The molecule has 1 saturated heterocycles. The van der Waals surface area contributed by atoms with Crippen molar-refractivity contribution in [2.75, 3.05) is 32.8 Å². The molecule has 0 aromatic heterocycles. The third-order valence-electron chi connectivity index (χ3n) is 10.5. The van der Waals surface area contributed by atoms with Crippen molar-refractivity contribution in [1.29, 1.82) is 0 Å². The molecule has 0 aliphatic carbocycles. The van der Waals surface area contributed by atoms with Gasteiger partial charge in [-0.2, -0.15) is 0 Å². The van der Waals surface area contributed by atoms with Crippen molar-refractivity contribution in [2.24, 2.45) is 22.9 Å². The summed E-state index contributed by atoms with van der Waals surface area (Å²) in [5, 5.41) is 42.8. The quantitative estimate of drug-likeness (QED) is 0.0298. The maximum Gasteiger partial charge on any atom is 0.245 e. The van der Waals surface area contributed by atoms with E-state index in [2.05, 4.69) is 53.2 Å². The van der Waals surface area contributed by atoms with E-state index < -0.39 is 165 Å². The Kier molecular flexibility index (Phi) is 25.6. The standard InChI is InChI=1S/C42H64N14O15/c1-21(49-38(67)25-11-13-32(61)50-25)36(65)52-23(9-5-6-14-43)39(68)56-29(20-58)42(71)53-24(10-12-30(44)59)37(66)48-17-33(62)47-18-34(63)51-28(19-57)41(70)55-27(16-31(45)60)40(69)54-26(35(46)64)15-22-7-3-2-4-8-22/h2-4,7-8,21,23-29,57-58H,5-6,9-20,43H2,1H3,(H2,44,59)(H2,45,60)(H2,46,64)(H,47,62)(H,48,66)(H,49,67)(H,50,61)(H,51,63)(H,52,65)(H,53,71)(H,54,69)(H,55,70)(H,56,68)/t21-,23-,24-,25-,26-,27-,28-,29-/m0/s1. The topological polar surface area (TPSA) is 487 Å². The molecule has 20 N–H and O–H groups in total. The summed E-state index contributed by atoms with van der Waals surface area (Å²) in [6.07, 6.45) is -0.566. The Morgan fingerprint density at radius 3 is 1.72 bits per heavy atom. The van der Waals surface area contributed by atoms with Crippen LogP contribution in [0.3, 0.4) is 0 Å². The average Bonchev–Trinajstić information content (AvgIpc) is 3.77. The Balaban J connectivity index is 2.00. The highest BCUT2D eigenvalue weighted by Crippen LogP contribution is 2.09. The molecular formula is C42H64N14O15. The lowest BCUT2D eigenvalue weighted by molar-refractivity contribution is -0.135. The van der Waals surface area contributed by atoms with Gasteiger partial charge in [0.2, 0.25) is 76.8 Å². The molecule has 1 aromatic carbocycles. The molecule has 29 nitrogen and oxygen atoms in total. The number of aliphatic hydroxyl groups is 2. The van der Waals surface area contributed by atoms with Crippen molar-refractivity contribution in [1.82, 2.24) is 53.2 Å². The summed E-state index contributed by atoms with van der Waals surface area (Å²) in [6, 6.07) is -2.94. The van der Waals surface area contributed by atoms with Crippen LogP contribution in [-0.4, -0.2) is 168 Å². The SMILES string of the molecule is C[C@H](NC(=O)[C@@H]1CCC(=O)N1)C(=O)N[C@@H](CCCCN)C(=O)N[C@@H](CO)C(=O)N[C@@H](CCC(N)=O)C(=O)NCC(=O)NCC(=O)N[C@@H](CO)C(=O)N[C@@H](CC(N)=O)C(=O)N[C@@H](Cc1ccccc1)C(N)=O. The van der Waals surface area contributed by atoms with Gasteiger partial charge in [0.05, 0.1) is 32.7 Å². The molecule has 0 saturated carbocycles. The van der Waals surface area contributed by atoms with E-state index in [1.54, 1.807) is 30.3 Å². The van der Waals surface area contributed by atoms with Crippen molar-refractivity contribution in [3.05, 3.63) is 35.9 Å². The first kappa shape index (κ1) is 59.3. The lowest BCUT2D eigenvalue weighted by Crippen LogP contribution is -2.59. The van der Waals surface area contributed by atoms with Gasteiger partial charge < -0.3 is 86.3 Å². The van der Waals surface area contributed by atoms with Gasteiger partial charge in [0.15, 0.2) is 0 Å². The fourth-order valence-electron chi connectivity index (χ4n) is 6.54. The first-order chi connectivity index (χ1) is 33.6. The largest absolute Gasteiger partial charge is 0.394 e. The van der Waals surface area contributed by atoms with Crippen LogP contribution in [-0.2, 0) is 68.7 Å². The predicted molar refractivity (Wildman–Crippen MR) is 245 cm³/mol. The number of aliphatic hydroxyl groups excluding tert-OH is 2. The van der Waals surface area contributed by atoms with Gasteiger partial charge >= 0.3 is 0 Å². The molecule has 0 unspecified atom stereocenters. The molecule has 0 spiro atoms. The summed E-state index contributed by atoms with van der Waals surface area (Å²) in [6.45, 7) is -2.16. The number of nitrogens with two attached hydrogens (primary N) is 4. The second-order valence-electron chi connectivity index (χ2n) is 16.2. The third kappa shape index (κ3) is 22.0. The minimum atomic E-state index is -1.75. The maximum atomic E-state index is 13.4. The average molecular weight is 1010 g/mol. The summed E-state index contributed by atoms with van der Waals surface area (Å²) >= 11 is 0. The van der Waals surface area contributed by atoms with Gasteiger partial charge in [0, 0.05) is 19.3 Å². The number of amides is 13. The van der Waals surface area contributed by atoms with E-state index in [1.165, 1.54) is 6.92 Å². The normalized spacial score (nSPS) is 15.8. The Labute approximate surface area is 406 Å². The molecule has 71 heavy (non-hydrogen) atoms. The molecular weight excluding hydrogens is 941 g/mol. The van der Waals surface area contributed by atoms with Crippen LogP contribution in [0.2, 0.25) is 0 Å². The Morgan fingerprint density at radius 2 is 1.15 bits per heavy atom. The highest BCUT2D eigenvalue weighted by molar-refractivity contribution is 5.99. The fourth-order valence-corrected chi connectivity index (χ4v) is 6.54. The predicted octanol–water partition coefficient (Wildman–Crippen LogP) is -9.11. The number of benzene rings is 1. The second kappa shape index (κ2) is 30.6. The first-order valence-corrected chi connectivity index (χ1v) is 22.4. The highest BCUT2D eigenvalue weighted by Gasteiger charge is 2.34. The fraction of sp³-hybridized carbons (Fsp3) is 0.548. The Hall–Kier alpha value is -7.79. The van der Waals surface area contributed by atoms with Crippen LogP contribution in [0.1, 0.15) is 63.9 Å². The summed E-state index contributed by atoms with van der Waals surface area (Å²) in [7, 11) is 0. The van der Waals surface area contributed by atoms with Gasteiger partial charge in [-0.15, -0.1) is 0 Å². The molecule has 13 amide bonds. The van der Waals surface area contributed by atoms with Gasteiger partial charge in [-0.25, -0.2) is 0 Å². The molecule has 1 aromatic rings. The Morgan fingerprint density at radius 1 is 0.620 bits per heavy atom. The molecule has 2 rings (SSSR count). The first-order valence-electron chi connectivity index (χ1n) is 22.4. The summed E-state index contributed by atoms with van der Waals surface area (Å²) in [5.41, 5.74) is 22.1. The van der Waals surface area contributed by atoms with E-state index in [0.29, 0.717) is 18.4 Å².